The second kappa shape index (κ2) is 6.08. The van der Waals surface area contributed by atoms with E-state index in [4.69, 9.17) is 0 Å². The second-order valence-electron chi connectivity index (χ2n) is 8.93. The zero-order valence-corrected chi connectivity index (χ0v) is 15.6. The summed E-state index contributed by atoms with van der Waals surface area (Å²) in [5.74, 6) is 2.18. The SMILES string of the molecule is CC1N=C(C(=O)NC23CC4CC(CC(C4)C2)C3)NN(c2ccccc2)C1=O. The monoisotopic (exact) mass is 366 g/mol. The fourth-order valence-electron chi connectivity index (χ4n) is 6.07. The molecule has 4 fully saturated rings. The first-order valence-electron chi connectivity index (χ1n) is 10.1. The smallest absolute Gasteiger partial charge is 0.288 e. The highest BCUT2D eigenvalue weighted by molar-refractivity contribution is 6.39. The van der Waals surface area contributed by atoms with E-state index < -0.39 is 6.04 Å². The summed E-state index contributed by atoms with van der Waals surface area (Å²) in [5, 5.41) is 4.77. The molecule has 2 N–H and O–H groups in total. The summed E-state index contributed by atoms with van der Waals surface area (Å²) in [6.07, 6.45) is 7.28. The maximum absolute atomic E-state index is 13.1. The molecule has 6 rings (SSSR count). The number of hydrogen-bond acceptors (Lipinski definition) is 4. The van der Waals surface area contributed by atoms with Gasteiger partial charge in [-0.15, -0.1) is 0 Å². The third-order valence-electron chi connectivity index (χ3n) is 6.76. The number of carbonyl (C=O) groups excluding carboxylic acids is 2. The molecule has 0 radical (unpaired) electrons. The molecule has 1 heterocycles. The minimum absolute atomic E-state index is 0.0711. The predicted octanol–water partition coefficient (Wildman–Crippen LogP) is 2.41. The van der Waals surface area contributed by atoms with Crippen LogP contribution in [0.4, 0.5) is 5.69 Å². The highest BCUT2D eigenvalue weighted by Gasteiger charge is 2.52. The van der Waals surface area contributed by atoms with Crippen molar-refractivity contribution in [1.82, 2.24) is 10.7 Å². The van der Waals surface area contributed by atoms with Gasteiger partial charge in [0.2, 0.25) is 5.84 Å². The Labute approximate surface area is 159 Å². The molecule has 4 aliphatic carbocycles. The molecule has 6 nitrogen and oxygen atoms in total. The summed E-state index contributed by atoms with van der Waals surface area (Å²) in [6.45, 7) is 1.73. The van der Waals surface area contributed by atoms with Gasteiger partial charge < -0.3 is 5.32 Å². The predicted molar refractivity (Wildman–Crippen MR) is 103 cm³/mol. The number of hydrogen-bond donors (Lipinski definition) is 2. The Morgan fingerprint density at radius 3 is 2.30 bits per heavy atom. The third-order valence-corrected chi connectivity index (χ3v) is 6.76. The summed E-state index contributed by atoms with van der Waals surface area (Å²) in [5.41, 5.74) is 3.60. The van der Waals surface area contributed by atoms with Crippen molar-refractivity contribution >= 4 is 23.3 Å². The average molecular weight is 366 g/mol. The second-order valence-corrected chi connectivity index (χ2v) is 8.93. The minimum atomic E-state index is -0.580. The van der Waals surface area contributed by atoms with Crippen LogP contribution in [-0.4, -0.2) is 29.2 Å². The Kier molecular flexibility index (Phi) is 3.78. The molecule has 0 aromatic heterocycles. The van der Waals surface area contributed by atoms with Gasteiger partial charge in [0.15, 0.2) is 0 Å². The van der Waals surface area contributed by atoms with Crippen molar-refractivity contribution < 1.29 is 9.59 Å². The molecular formula is C21H26N4O2. The van der Waals surface area contributed by atoms with Crippen molar-refractivity contribution in [2.45, 2.75) is 57.0 Å². The van der Waals surface area contributed by atoms with Crippen LogP contribution in [0, 0.1) is 17.8 Å². The van der Waals surface area contributed by atoms with Crippen LogP contribution in [0.15, 0.2) is 35.3 Å². The summed E-state index contributed by atoms with van der Waals surface area (Å²) >= 11 is 0. The maximum atomic E-state index is 13.1. The summed E-state index contributed by atoms with van der Waals surface area (Å²) in [4.78, 5) is 29.9. The Bertz CT molecular complexity index is 768. The van der Waals surface area contributed by atoms with E-state index in [2.05, 4.69) is 15.7 Å². The highest BCUT2D eigenvalue weighted by Crippen LogP contribution is 2.55. The molecule has 4 bridgehead atoms. The third kappa shape index (κ3) is 2.91. The van der Waals surface area contributed by atoms with Crippen molar-refractivity contribution in [3.8, 4) is 0 Å². The fourth-order valence-corrected chi connectivity index (χ4v) is 6.07. The van der Waals surface area contributed by atoms with E-state index in [9.17, 15) is 9.59 Å². The number of amidine groups is 1. The minimum Gasteiger partial charge on any atom is -0.344 e. The molecule has 4 saturated carbocycles. The summed E-state index contributed by atoms with van der Waals surface area (Å²) in [7, 11) is 0. The molecule has 1 unspecified atom stereocenters. The number of benzene rings is 1. The van der Waals surface area contributed by atoms with Crippen molar-refractivity contribution in [2.75, 3.05) is 5.01 Å². The van der Waals surface area contributed by atoms with Gasteiger partial charge in [-0.25, -0.2) is 10.0 Å². The molecule has 1 aromatic carbocycles. The zero-order chi connectivity index (χ0) is 18.6. The Morgan fingerprint density at radius 1 is 1.11 bits per heavy atom. The number of anilines is 1. The molecule has 1 atom stereocenters. The molecular weight excluding hydrogens is 340 g/mol. The molecule has 142 valence electrons. The van der Waals surface area contributed by atoms with Crippen LogP contribution in [0.5, 0.6) is 0 Å². The molecule has 6 heteroatoms. The summed E-state index contributed by atoms with van der Waals surface area (Å²) < 4.78 is 0. The molecule has 2 amide bonds. The van der Waals surface area contributed by atoms with E-state index in [1.54, 1.807) is 6.92 Å². The number of para-hydroxylation sites is 1. The maximum Gasteiger partial charge on any atom is 0.288 e. The first kappa shape index (κ1) is 16.8. The van der Waals surface area contributed by atoms with Crippen LogP contribution < -0.4 is 15.8 Å². The first-order valence-corrected chi connectivity index (χ1v) is 10.1. The molecule has 1 aliphatic heterocycles. The van der Waals surface area contributed by atoms with Gasteiger partial charge in [0, 0.05) is 5.54 Å². The van der Waals surface area contributed by atoms with Crippen molar-refractivity contribution in [2.24, 2.45) is 22.7 Å². The highest BCUT2D eigenvalue weighted by atomic mass is 16.2. The van der Waals surface area contributed by atoms with Gasteiger partial charge >= 0.3 is 0 Å². The normalized spacial score (nSPS) is 37.0. The molecule has 0 spiro atoms. The van der Waals surface area contributed by atoms with E-state index >= 15 is 0 Å². The number of amides is 2. The number of carbonyl (C=O) groups is 2. The van der Waals surface area contributed by atoms with E-state index in [0.717, 1.165) is 37.0 Å². The van der Waals surface area contributed by atoms with E-state index in [0.29, 0.717) is 5.69 Å². The number of aliphatic imine (C=N–C) groups is 1. The van der Waals surface area contributed by atoms with E-state index in [1.165, 1.54) is 24.3 Å². The van der Waals surface area contributed by atoms with Crippen LogP contribution in [0.25, 0.3) is 0 Å². The first-order chi connectivity index (χ1) is 13.0. The van der Waals surface area contributed by atoms with Crippen molar-refractivity contribution in [3.05, 3.63) is 30.3 Å². The number of hydrazine groups is 1. The Hall–Kier alpha value is -2.37. The summed E-state index contributed by atoms with van der Waals surface area (Å²) in [6, 6.07) is 8.75. The zero-order valence-electron chi connectivity index (χ0n) is 15.6. The Morgan fingerprint density at radius 2 is 1.70 bits per heavy atom. The van der Waals surface area contributed by atoms with Gasteiger partial charge in [-0.1, -0.05) is 18.2 Å². The van der Waals surface area contributed by atoms with Crippen molar-refractivity contribution in [1.29, 1.82) is 0 Å². The van der Waals surface area contributed by atoms with Gasteiger partial charge in [0.25, 0.3) is 11.8 Å². The van der Waals surface area contributed by atoms with Gasteiger partial charge in [-0.2, -0.15) is 0 Å². The van der Waals surface area contributed by atoms with Gasteiger partial charge in [-0.3, -0.25) is 15.0 Å². The number of rotatable bonds is 3. The fraction of sp³-hybridized carbons (Fsp3) is 0.571. The standard InChI is InChI=1S/C21H26N4O2/c1-13-20(27)25(17-5-3-2-4-6-17)24-18(22-13)19(26)23-21-10-14-7-15(11-21)9-16(8-14)12-21/h2-6,13-16H,7-12H2,1H3,(H,22,24)(H,23,26). The van der Waals surface area contributed by atoms with Gasteiger partial charge in [0.05, 0.1) is 5.69 Å². The lowest BCUT2D eigenvalue weighted by Crippen LogP contribution is -2.64. The van der Waals surface area contributed by atoms with Gasteiger partial charge in [0.1, 0.15) is 6.04 Å². The Balaban J connectivity index is 1.36. The lowest BCUT2D eigenvalue weighted by atomic mass is 9.53. The van der Waals surface area contributed by atoms with Crippen LogP contribution in [0.3, 0.4) is 0 Å². The molecule has 1 aromatic rings. The molecule has 27 heavy (non-hydrogen) atoms. The molecule has 5 aliphatic rings. The lowest BCUT2D eigenvalue weighted by molar-refractivity contribution is -0.121. The number of nitrogens with zero attached hydrogens (tertiary/aromatic N) is 2. The van der Waals surface area contributed by atoms with Crippen LogP contribution in [-0.2, 0) is 9.59 Å². The van der Waals surface area contributed by atoms with E-state index in [-0.39, 0.29) is 23.2 Å². The lowest BCUT2D eigenvalue weighted by Gasteiger charge is -2.56. The van der Waals surface area contributed by atoms with Crippen LogP contribution >= 0.6 is 0 Å². The van der Waals surface area contributed by atoms with Crippen LogP contribution in [0.2, 0.25) is 0 Å². The molecule has 0 saturated heterocycles. The van der Waals surface area contributed by atoms with Crippen molar-refractivity contribution in [3.63, 3.8) is 0 Å². The quantitative estimate of drug-likeness (QED) is 0.863. The topological polar surface area (TPSA) is 73.8 Å². The average Bonchev–Trinajstić information content (AvgIpc) is 2.63. The number of nitrogens with one attached hydrogen (secondary N) is 2. The van der Waals surface area contributed by atoms with Crippen LogP contribution in [0.1, 0.15) is 45.4 Å². The van der Waals surface area contributed by atoms with E-state index in [1.807, 2.05) is 30.3 Å². The largest absolute Gasteiger partial charge is 0.344 e. The van der Waals surface area contributed by atoms with Gasteiger partial charge in [-0.05, 0) is 75.3 Å².